The van der Waals surface area contributed by atoms with Crippen LogP contribution in [0.15, 0.2) is 6.20 Å². The van der Waals surface area contributed by atoms with E-state index in [4.69, 9.17) is 5.11 Å². The quantitative estimate of drug-likeness (QED) is 0.643. The third kappa shape index (κ3) is 1.05. The van der Waals surface area contributed by atoms with Crippen molar-refractivity contribution in [2.75, 3.05) is 0 Å². The summed E-state index contributed by atoms with van der Waals surface area (Å²) in [7, 11) is 0. The van der Waals surface area contributed by atoms with Crippen molar-refractivity contribution in [2.45, 2.75) is 32.4 Å². The predicted molar refractivity (Wildman–Crippen MR) is 41.1 cm³/mol. The van der Waals surface area contributed by atoms with E-state index in [-0.39, 0.29) is 6.61 Å². The molecule has 0 spiro atoms. The van der Waals surface area contributed by atoms with Gasteiger partial charge in [-0.05, 0) is 12.8 Å². The van der Waals surface area contributed by atoms with Gasteiger partial charge in [0, 0.05) is 13.0 Å². The molecule has 2 rings (SSSR count). The molecule has 0 aromatic carbocycles. The van der Waals surface area contributed by atoms with Gasteiger partial charge in [0.2, 0.25) is 0 Å². The second-order valence-corrected chi connectivity index (χ2v) is 2.93. The monoisotopic (exact) mass is 152 g/mol. The van der Waals surface area contributed by atoms with Crippen LogP contribution in [0.3, 0.4) is 0 Å². The number of nitrogens with zero attached hydrogens (tertiary/aromatic N) is 2. The average Bonchev–Trinajstić information content (AvgIpc) is 2.47. The van der Waals surface area contributed by atoms with Gasteiger partial charge in [-0.3, -0.25) is 0 Å². The van der Waals surface area contributed by atoms with Gasteiger partial charge in [0.05, 0.1) is 18.5 Å². The van der Waals surface area contributed by atoms with Gasteiger partial charge < -0.3 is 9.67 Å². The summed E-state index contributed by atoms with van der Waals surface area (Å²) in [5.41, 5.74) is 0.958. The van der Waals surface area contributed by atoms with Crippen molar-refractivity contribution in [1.29, 1.82) is 0 Å². The number of aromatic nitrogens is 2. The maximum Gasteiger partial charge on any atom is 0.108 e. The standard InChI is InChI=1S/C8H12N2O/c11-6-7-5-9-8-3-1-2-4-10(7)8/h5,11H,1-4,6H2. The van der Waals surface area contributed by atoms with Crippen LogP contribution in [0.25, 0.3) is 0 Å². The topological polar surface area (TPSA) is 38.1 Å². The number of aliphatic hydroxyl groups is 1. The van der Waals surface area contributed by atoms with Crippen molar-refractivity contribution in [2.24, 2.45) is 0 Å². The molecule has 0 saturated carbocycles. The fraction of sp³-hybridized carbons (Fsp3) is 0.625. The zero-order valence-electron chi connectivity index (χ0n) is 6.45. The van der Waals surface area contributed by atoms with Crippen molar-refractivity contribution < 1.29 is 5.11 Å². The summed E-state index contributed by atoms with van der Waals surface area (Å²) in [6.45, 7) is 1.15. The normalized spacial score (nSPS) is 16.5. The highest BCUT2D eigenvalue weighted by molar-refractivity contribution is 5.06. The van der Waals surface area contributed by atoms with Gasteiger partial charge in [-0.1, -0.05) is 0 Å². The molecule has 0 fully saturated rings. The van der Waals surface area contributed by atoms with Crippen LogP contribution < -0.4 is 0 Å². The van der Waals surface area contributed by atoms with Gasteiger partial charge in [-0.2, -0.15) is 0 Å². The number of rotatable bonds is 1. The summed E-state index contributed by atoms with van der Waals surface area (Å²) in [5, 5.41) is 8.92. The van der Waals surface area contributed by atoms with Crippen LogP contribution >= 0.6 is 0 Å². The molecule has 0 radical (unpaired) electrons. The molecular weight excluding hydrogens is 140 g/mol. The van der Waals surface area contributed by atoms with E-state index in [1.807, 2.05) is 0 Å². The predicted octanol–water partition coefficient (Wildman–Crippen LogP) is 0.712. The van der Waals surface area contributed by atoms with E-state index in [1.165, 1.54) is 12.8 Å². The van der Waals surface area contributed by atoms with Gasteiger partial charge in [-0.15, -0.1) is 0 Å². The molecule has 1 aliphatic heterocycles. The molecule has 3 heteroatoms. The Morgan fingerprint density at radius 1 is 1.55 bits per heavy atom. The Labute approximate surface area is 65.7 Å². The molecule has 2 heterocycles. The smallest absolute Gasteiger partial charge is 0.108 e. The van der Waals surface area contributed by atoms with Crippen LogP contribution in [-0.4, -0.2) is 14.7 Å². The summed E-state index contributed by atoms with van der Waals surface area (Å²) >= 11 is 0. The lowest BCUT2D eigenvalue weighted by molar-refractivity contribution is 0.268. The SMILES string of the molecule is OCc1cnc2n1CCCC2. The number of hydrogen-bond acceptors (Lipinski definition) is 2. The highest BCUT2D eigenvalue weighted by atomic mass is 16.3. The van der Waals surface area contributed by atoms with Gasteiger partial charge in [0.25, 0.3) is 0 Å². The first kappa shape index (κ1) is 6.85. The fourth-order valence-electron chi connectivity index (χ4n) is 1.61. The summed E-state index contributed by atoms with van der Waals surface area (Å²) in [6.07, 6.45) is 5.30. The maximum atomic E-state index is 8.92. The van der Waals surface area contributed by atoms with E-state index in [1.54, 1.807) is 6.20 Å². The van der Waals surface area contributed by atoms with E-state index in [0.717, 1.165) is 24.5 Å². The van der Waals surface area contributed by atoms with Crippen molar-refractivity contribution in [1.82, 2.24) is 9.55 Å². The average molecular weight is 152 g/mol. The van der Waals surface area contributed by atoms with Crippen molar-refractivity contribution >= 4 is 0 Å². The van der Waals surface area contributed by atoms with Gasteiger partial charge in [-0.25, -0.2) is 4.98 Å². The molecule has 0 unspecified atom stereocenters. The lowest BCUT2D eigenvalue weighted by atomic mass is 10.2. The van der Waals surface area contributed by atoms with Crippen LogP contribution in [0.1, 0.15) is 24.4 Å². The molecule has 0 amide bonds. The number of hydrogen-bond donors (Lipinski definition) is 1. The molecule has 1 aromatic heterocycles. The molecule has 1 aromatic rings. The maximum absolute atomic E-state index is 8.92. The van der Waals surface area contributed by atoms with E-state index in [0.29, 0.717) is 0 Å². The third-order valence-corrected chi connectivity index (χ3v) is 2.21. The van der Waals surface area contributed by atoms with Crippen molar-refractivity contribution in [3.05, 3.63) is 17.7 Å². The van der Waals surface area contributed by atoms with Crippen molar-refractivity contribution in [3.63, 3.8) is 0 Å². The summed E-state index contributed by atoms with van der Waals surface area (Å²) < 4.78 is 2.13. The van der Waals surface area contributed by atoms with E-state index >= 15 is 0 Å². The number of aliphatic hydroxyl groups excluding tert-OH is 1. The summed E-state index contributed by atoms with van der Waals surface area (Å²) in [6, 6.07) is 0. The zero-order valence-corrected chi connectivity index (χ0v) is 6.45. The molecule has 0 atom stereocenters. The second kappa shape index (κ2) is 2.66. The fourth-order valence-corrected chi connectivity index (χ4v) is 1.61. The lowest BCUT2D eigenvalue weighted by Crippen LogP contribution is -2.12. The molecule has 0 aliphatic carbocycles. The van der Waals surface area contributed by atoms with Crippen LogP contribution in [0.2, 0.25) is 0 Å². The summed E-state index contributed by atoms with van der Waals surface area (Å²) in [4.78, 5) is 4.23. The van der Waals surface area contributed by atoms with Crippen LogP contribution in [0, 0.1) is 0 Å². The molecule has 0 saturated heterocycles. The highest BCUT2D eigenvalue weighted by Gasteiger charge is 2.12. The van der Waals surface area contributed by atoms with Crippen LogP contribution in [0.5, 0.6) is 0 Å². The molecule has 60 valence electrons. The zero-order chi connectivity index (χ0) is 7.68. The minimum absolute atomic E-state index is 0.118. The number of imidazole rings is 1. The Morgan fingerprint density at radius 2 is 2.45 bits per heavy atom. The molecular formula is C8H12N2O. The third-order valence-electron chi connectivity index (χ3n) is 2.21. The Morgan fingerprint density at radius 3 is 3.27 bits per heavy atom. The van der Waals surface area contributed by atoms with E-state index < -0.39 is 0 Å². The van der Waals surface area contributed by atoms with Gasteiger partial charge in [0.15, 0.2) is 0 Å². The molecule has 11 heavy (non-hydrogen) atoms. The largest absolute Gasteiger partial charge is 0.390 e. The Bertz CT molecular complexity index is 241. The summed E-state index contributed by atoms with van der Waals surface area (Å²) in [5.74, 6) is 1.14. The van der Waals surface area contributed by atoms with Crippen molar-refractivity contribution in [3.8, 4) is 0 Å². The minimum Gasteiger partial charge on any atom is -0.390 e. The number of fused-ring (bicyclic) bond motifs is 1. The first-order valence-corrected chi connectivity index (χ1v) is 4.06. The lowest BCUT2D eigenvalue weighted by Gasteiger charge is -2.15. The first-order valence-electron chi connectivity index (χ1n) is 4.06. The van der Waals surface area contributed by atoms with E-state index in [2.05, 4.69) is 9.55 Å². The van der Waals surface area contributed by atoms with E-state index in [9.17, 15) is 0 Å². The Balaban J connectivity index is 2.38. The highest BCUT2D eigenvalue weighted by Crippen LogP contribution is 2.15. The first-order chi connectivity index (χ1) is 5.42. The van der Waals surface area contributed by atoms with Gasteiger partial charge in [0.1, 0.15) is 5.82 Å². The molecule has 1 aliphatic rings. The Hall–Kier alpha value is -0.830. The Kier molecular flexibility index (Phi) is 1.66. The number of aryl methyl sites for hydroxylation is 1. The van der Waals surface area contributed by atoms with Gasteiger partial charge >= 0.3 is 0 Å². The molecule has 3 nitrogen and oxygen atoms in total. The minimum atomic E-state index is 0.118. The molecule has 1 N–H and O–H groups in total. The second-order valence-electron chi connectivity index (χ2n) is 2.93. The van der Waals surface area contributed by atoms with Crippen LogP contribution in [0.4, 0.5) is 0 Å². The van der Waals surface area contributed by atoms with Crippen LogP contribution in [-0.2, 0) is 19.6 Å². The molecule has 0 bridgehead atoms.